The number of nitrogens with zero attached hydrogens (tertiary/aromatic N) is 2. The lowest BCUT2D eigenvalue weighted by atomic mass is 9.98. The van der Waals surface area contributed by atoms with Crippen molar-refractivity contribution in [1.29, 1.82) is 5.26 Å². The Bertz CT molecular complexity index is 323. The number of ether oxygens (including phenoxy) is 1. The summed E-state index contributed by atoms with van der Waals surface area (Å²) in [6.45, 7) is 1.65. The van der Waals surface area contributed by atoms with Gasteiger partial charge in [0.25, 0.3) is 0 Å². The van der Waals surface area contributed by atoms with E-state index in [4.69, 9.17) is 10.00 Å². The number of hydrogen-bond donors (Lipinski definition) is 0. The molecule has 1 aromatic rings. The molecule has 1 fully saturated rings. The Kier molecular flexibility index (Phi) is 2.57. The van der Waals surface area contributed by atoms with Gasteiger partial charge in [0, 0.05) is 24.5 Å². The minimum Gasteiger partial charge on any atom is -0.381 e. The molecule has 0 unspecified atom stereocenters. The maximum Gasteiger partial charge on any atom is 0.194 e. The van der Waals surface area contributed by atoms with E-state index in [0.29, 0.717) is 10.9 Å². The van der Waals surface area contributed by atoms with Crippen LogP contribution in [-0.2, 0) is 4.74 Å². The zero-order chi connectivity index (χ0) is 9.10. The molecule has 1 saturated heterocycles. The lowest BCUT2D eigenvalue weighted by Gasteiger charge is -2.19. The van der Waals surface area contributed by atoms with E-state index in [-0.39, 0.29) is 0 Å². The van der Waals surface area contributed by atoms with Crippen LogP contribution in [0.3, 0.4) is 0 Å². The number of rotatable bonds is 1. The van der Waals surface area contributed by atoms with Gasteiger partial charge in [-0.3, -0.25) is 0 Å². The summed E-state index contributed by atoms with van der Waals surface area (Å²) < 4.78 is 5.26. The largest absolute Gasteiger partial charge is 0.381 e. The van der Waals surface area contributed by atoms with E-state index >= 15 is 0 Å². The molecule has 3 nitrogen and oxygen atoms in total. The molecule has 0 spiro atoms. The molecule has 0 amide bonds. The summed E-state index contributed by atoms with van der Waals surface area (Å²) >= 11 is 1.43. The average Bonchev–Trinajstić information content (AvgIpc) is 2.67. The summed E-state index contributed by atoms with van der Waals surface area (Å²) in [5.74, 6) is 0.507. The Morgan fingerprint density at radius 1 is 1.54 bits per heavy atom. The standard InChI is InChI=1S/C9H10N2OS/c10-5-9-11-8(6-13-9)7-1-3-12-4-2-7/h6-7H,1-4H2. The molecule has 4 heteroatoms. The number of hydrogen-bond acceptors (Lipinski definition) is 4. The van der Waals surface area contributed by atoms with Gasteiger partial charge in [-0.2, -0.15) is 5.26 Å². The van der Waals surface area contributed by atoms with Crippen molar-refractivity contribution in [2.24, 2.45) is 0 Å². The summed E-state index contributed by atoms with van der Waals surface area (Å²) in [6.07, 6.45) is 2.07. The normalized spacial score (nSPS) is 18.4. The van der Waals surface area contributed by atoms with Crippen molar-refractivity contribution in [3.8, 4) is 6.07 Å². The minimum absolute atomic E-state index is 0.507. The second-order valence-corrected chi connectivity index (χ2v) is 3.93. The maximum absolute atomic E-state index is 8.62. The Morgan fingerprint density at radius 2 is 2.31 bits per heavy atom. The van der Waals surface area contributed by atoms with Gasteiger partial charge in [0.15, 0.2) is 5.01 Å². The van der Waals surface area contributed by atoms with E-state index in [9.17, 15) is 0 Å². The van der Waals surface area contributed by atoms with Crippen LogP contribution in [0.5, 0.6) is 0 Å². The highest BCUT2D eigenvalue weighted by atomic mass is 32.1. The third-order valence-electron chi connectivity index (χ3n) is 2.26. The highest BCUT2D eigenvalue weighted by Crippen LogP contribution is 2.27. The quantitative estimate of drug-likeness (QED) is 0.686. The Hall–Kier alpha value is -0.920. The topological polar surface area (TPSA) is 45.9 Å². The van der Waals surface area contributed by atoms with Crippen LogP contribution in [-0.4, -0.2) is 18.2 Å². The van der Waals surface area contributed by atoms with E-state index in [1.54, 1.807) is 0 Å². The lowest BCUT2D eigenvalue weighted by Crippen LogP contribution is -2.14. The molecule has 2 rings (SSSR count). The number of aromatic nitrogens is 1. The van der Waals surface area contributed by atoms with Crippen LogP contribution in [0.15, 0.2) is 5.38 Å². The first-order valence-electron chi connectivity index (χ1n) is 4.33. The Labute approximate surface area is 81.0 Å². The molecule has 1 aliphatic rings. The van der Waals surface area contributed by atoms with Crippen molar-refractivity contribution in [1.82, 2.24) is 4.98 Å². The van der Waals surface area contributed by atoms with Gasteiger partial charge >= 0.3 is 0 Å². The average molecular weight is 194 g/mol. The third kappa shape index (κ3) is 1.87. The van der Waals surface area contributed by atoms with Gasteiger partial charge in [-0.15, -0.1) is 11.3 Å². The molecule has 0 atom stereocenters. The predicted octanol–water partition coefficient (Wildman–Crippen LogP) is 1.91. The number of thiazole rings is 1. The van der Waals surface area contributed by atoms with E-state index in [1.165, 1.54) is 11.3 Å². The molecule has 0 bridgehead atoms. The summed E-state index contributed by atoms with van der Waals surface area (Å²) in [6, 6.07) is 2.06. The Morgan fingerprint density at radius 3 is 2.92 bits per heavy atom. The minimum atomic E-state index is 0.507. The SMILES string of the molecule is N#Cc1nc(C2CCOCC2)cs1. The summed E-state index contributed by atoms with van der Waals surface area (Å²) in [5, 5.41) is 11.2. The predicted molar refractivity (Wildman–Crippen MR) is 49.6 cm³/mol. The van der Waals surface area contributed by atoms with E-state index in [2.05, 4.69) is 11.1 Å². The highest BCUT2D eigenvalue weighted by Gasteiger charge is 2.18. The van der Waals surface area contributed by atoms with Gasteiger partial charge in [-0.05, 0) is 12.8 Å². The molecule has 0 radical (unpaired) electrons. The zero-order valence-corrected chi connectivity index (χ0v) is 8.01. The van der Waals surface area contributed by atoms with Gasteiger partial charge in [-0.25, -0.2) is 4.98 Å². The Balaban J connectivity index is 2.11. The van der Waals surface area contributed by atoms with Gasteiger partial charge in [0.2, 0.25) is 0 Å². The first-order chi connectivity index (χ1) is 6.40. The molecule has 1 aromatic heterocycles. The second-order valence-electron chi connectivity index (χ2n) is 3.08. The molecule has 13 heavy (non-hydrogen) atoms. The van der Waals surface area contributed by atoms with Gasteiger partial charge in [0.05, 0.1) is 5.69 Å². The summed E-state index contributed by atoms with van der Waals surface area (Å²) in [7, 11) is 0. The fourth-order valence-electron chi connectivity index (χ4n) is 1.52. The molecule has 68 valence electrons. The van der Waals surface area contributed by atoms with E-state index in [1.807, 2.05) is 5.38 Å². The van der Waals surface area contributed by atoms with Gasteiger partial charge < -0.3 is 4.74 Å². The molecule has 1 aliphatic heterocycles. The fraction of sp³-hybridized carbons (Fsp3) is 0.556. The van der Waals surface area contributed by atoms with Gasteiger partial charge in [-0.1, -0.05) is 0 Å². The fourth-order valence-corrected chi connectivity index (χ4v) is 2.21. The van der Waals surface area contributed by atoms with Crippen molar-refractivity contribution in [3.63, 3.8) is 0 Å². The van der Waals surface area contributed by atoms with Crippen LogP contribution in [0.25, 0.3) is 0 Å². The second kappa shape index (κ2) is 3.86. The molecular formula is C9H10N2OS. The molecule has 2 heterocycles. The van der Waals surface area contributed by atoms with Crippen molar-refractivity contribution >= 4 is 11.3 Å². The van der Waals surface area contributed by atoms with Crippen molar-refractivity contribution in [2.45, 2.75) is 18.8 Å². The van der Waals surface area contributed by atoms with Crippen molar-refractivity contribution in [3.05, 3.63) is 16.1 Å². The zero-order valence-electron chi connectivity index (χ0n) is 7.19. The van der Waals surface area contributed by atoms with Crippen LogP contribution in [0.2, 0.25) is 0 Å². The van der Waals surface area contributed by atoms with Crippen LogP contribution >= 0.6 is 11.3 Å². The van der Waals surface area contributed by atoms with Crippen LogP contribution in [0, 0.1) is 11.3 Å². The smallest absolute Gasteiger partial charge is 0.194 e. The summed E-state index contributed by atoms with van der Waals surface area (Å²) in [4.78, 5) is 4.25. The molecular weight excluding hydrogens is 184 g/mol. The molecule has 0 saturated carbocycles. The molecule has 0 aliphatic carbocycles. The summed E-state index contributed by atoms with van der Waals surface area (Å²) in [5.41, 5.74) is 1.07. The lowest BCUT2D eigenvalue weighted by molar-refractivity contribution is 0.0846. The highest BCUT2D eigenvalue weighted by molar-refractivity contribution is 7.10. The van der Waals surface area contributed by atoms with Crippen LogP contribution in [0.1, 0.15) is 29.5 Å². The third-order valence-corrected chi connectivity index (χ3v) is 3.02. The first-order valence-corrected chi connectivity index (χ1v) is 5.21. The monoisotopic (exact) mass is 194 g/mol. The van der Waals surface area contributed by atoms with Crippen molar-refractivity contribution in [2.75, 3.05) is 13.2 Å². The van der Waals surface area contributed by atoms with Gasteiger partial charge in [0.1, 0.15) is 6.07 Å². The maximum atomic E-state index is 8.62. The first kappa shape index (κ1) is 8.67. The number of nitriles is 1. The van der Waals surface area contributed by atoms with E-state index < -0.39 is 0 Å². The van der Waals surface area contributed by atoms with E-state index in [0.717, 1.165) is 31.7 Å². The van der Waals surface area contributed by atoms with Crippen LogP contribution < -0.4 is 0 Å². The molecule has 0 aromatic carbocycles. The van der Waals surface area contributed by atoms with Crippen molar-refractivity contribution < 1.29 is 4.74 Å². The molecule has 0 N–H and O–H groups in total. The van der Waals surface area contributed by atoms with Crippen LogP contribution in [0.4, 0.5) is 0 Å².